The number of methoxy groups -OCH3 is 1. The fourth-order valence-electron chi connectivity index (χ4n) is 6.19. The molecule has 2 aliphatic rings. The highest BCUT2D eigenvalue weighted by Gasteiger charge is 2.54. The average Bonchev–Trinajstić information content (AvgIpc) is 3.57. The number of imidazole rings is 1. The number of para-hydroxylation sites is 1. The van der Waals surface area contributed by atoms with Crippen LogP contribution in [0.5, 0.6) is 5.75 Å². The molecule has 0 bridgehead atoms. The zero-order valence-corrected chi connectivity index (χ0v) is 25.3. The molecule has 12 heteroatoms. The molecule has 2 aromatic carbocycles. The van der Waals surface area contributed by atoms with Gasteiger partial charge in [0, 0.05) is 57.1 Å². The summed E-state index contributed by atoms with van der Waals surface area (Å²) in [6, 6.07) is 15.4. The van der Waals surface area contributed by atoms with E-state index in [0.717, 1.165) is 16.9 Å². The highest BCUT2D eigenvalue weighted by molar-refractivity contribution is 5.94. The third kappa shape index (κ3) is 6.41. The van der Waals surface area contributed by atoms with Crippen LogP contribution in [0.3, 0.4) is 0 Å². The number of benzene rings is 2. The van der Waals surface area contributed by atoms with Crippen molar-refractivity contribution in [1.82, 2.24) is 24.7 Å². The number of aliphatic hydroxyl groups is 1. The molecule has 2 saturated heterocycles. The van der Waals surface area contributed by atoms with Crippen molar-refractivity contribution in [3.63, 3.8) is 0 Å². The van der Waals surface area contributed by atoms with E-state index in [1.54, 1.807) is 34.0 Å². The molecule has 44 heavy (non-hydrogen) atoms. The molecule has 12 nitrogen and oxygen atoms in total. The quantitative estimate of drug-likeness (QED) is 0.290. The number of anilines is 1. The van der Waals surface area contributed by atoms with Gasteiger partial charge in [-0.2, -0.15) is 0 Å². The predicted octanol–water partition coefficient (Wildman–Crippen LogP) is 0.686. The molecule has 2 fully saturated rings. The number of amides is 3. The second-order valence-electron chi connectivity index (χ2n) is 11.5. The molecule has 1 unspecified atom stereocenters. The summed E-state index contributed by atoms with van der Waals surface area (Å²) in [6.45, 7) is 1.20. The third-order valence-corrected chi connectivity index (χ3v) is 8.75. The lowest BCUT2D eigenvalue weighted by Crippen LogP contribution is -2.60. The van der Waals surface area contributed by atoms with E-state index in [9.17, 15) is 19.5 Å². The van der Waals surface area contributed by atoms with Crippen LogP contribution in [0, 0.1) is 0 Å². The van der Waals surface area contributed by atoms with Crippen molar-refractivity contribution in [3.05, 3.63) is 78.4 Å². The van der Waals surface area contributed by atoms with Crippen molar-refractivity contribution in [2.75, 3.05) is 44.9 Å². The van der Waals surface area contributed by atoms with Gasteiger partial charge in [-0.1, -0.05) is 30.3 Å². The molecule has 3 heterocycles. The van der Waals surface area contributed by atoms with Gasteiger partial charge < -0.3 is 40.2 Å². The molecule has 5 rings (SSSR count). The summed E-state index contributed by atoms with van der Waals surface area (Å²) in [6.07, 6.45) is 4.72. The molecule has 1 spiro atoms. The lowest BCUT2D eigenvalue weighted by Gasteiger charge is -2.44. The van der Waals surface area contributed by atoms with E-state index in [0.29, 0.717) is 38.3 Å². The first kappa shape index (κ1) is 31.0. The van der Waals surface area contributed by atoms with Crippen LogP contribution in [0.2, 0.25) is 0 Å². The standard InChI is InChI=1S/C32H41N7O5/c1-36-21-34-20-25(36)19-27(33)29(41)35-28(18-23-8-10-26(44-2)11-9-23)30(42)37-14-12-32(13-15-37)31(43)38(16-17-40)22-39(32)24-6-4-3-5-7-24/h3-11,20-21,27-28,40H,12-19,22,33H2,1-2H3,(H,35,41)/t27?,28-/m1/s1. The van der Waals surface area contributed by atoms with Gasteiger partial charge in [0.15, 0.2) is 0 Å². The summed E-state index contributed by atoms with van der Waals surface area (Å²) in [5, 5.41) is 12.5. The van der Waals surface area contributed by atoms with Gasteiger partial charge in [-0.25, -0.2) is 4.98 Å². The first-order chi connectivity index (χ1) is 21.3. The number of nitrogens with zero attached hydrogens (tertiary/aromatic N) is 5. The first-order valence-corrected chi connectivity index (χ1v) is 14.9. The number of hydrogen-bond acceptors (Lipinski definition) is 8. The molecule has 4 N–H and O–H groups in total. The minimum atomic E-state index is -0.866. The largest absolute Gasteiger partial charge is 0.497 e. The fourth-order valence-corrected chi connectivity index (χ4v) is 6.19. The average molecular weight is 604 g/mol. The summed E-state index contributed by atoms with van der Waals surface area (Å²) in [7, 11) is 3.43. The number of nitrogens with one attached hydrogen (secondary N) is 1. The Labute approximate surface area is 257 Å². The molecule has 1 aromatic heterocycles. The maximum absolute atomic E-state index is 14.0. The first-order valence-electron chi connectivity index (χ1n) is 14.9. The number of β-amino-alcohol motifs (C(OH)–C–C–N with tert-alkyl or cyclic N) is 1. The second kappa shape index (κ2) is 13.5. The number of piperidine rings is 1. The molecule has 0 aliphatic carbocycles. The summed E-state index contributed by atoms with van der Waals surface area (Å²) in [5.74, 6) is 0.0134. The molecule has 2 aliphatic heterocycles. The number of nitrogens with two attached hydrogens (primary N) is 1. The van der Waals surface area contributed by atoms with Crippen molar-refractivity contribution >= 4 is 23.4 Å². The van der Waals surface area contributed by atoms with Gasteiger partial charge in [0.25, 0.3) is 0 Å². The summed E-state index contributed by atoms with van der Waals surface area (Å²) in [5.41, 5.74) is 8.06. The molecule has 0 saturated carbocycles. The van der Waals surface area contributed by atoms with Crippen molar-refractivity contribution < 1.29 is 24.2 Å². The normalized spacial score (nSPS) is 17.5. The summed E-state index contributed by atoms with van der Waals surface area (Å²) in [4.78, 5) is 50.6. The number of aryl methyl sites for hydroxylation is 1. The zero-order chi connectivity index (χ0) is 31.3. The second-order valence-corrected chi connectivity index (χ2v) is 11.5. The van der Waals surface area contributed by atoms with Gasteiger partial charge in [-0.3, -0.25) is 14.4 Å². The highest BCUT2D eigenvalue weighted by atomic mass is 16.5. The lowest BCUT2D eigenvalue weighted by atomic mass is 9.85. The number of carbonyl (C=O) groups is 3. The zero-order valence-electron chi connectivity index (χ0n) is 25.3. The molecule has 3 aromatic rings. The van der Waals surface area contributed by atoms with Gasteiger partial charge in [0.05, 0.1) is 32.8 Å². The molecular formula is C32H41N7O5. The minimum absolute atomic E-state index is 0.0354. The van der Waals surface area contributed by atoms with Crippen LogP contribution >= 0.6 is 0 Å². The van der Waals surface area contributed by atoms with Crippen molar-refractivity contribution in [3.8, 4) is 5.75 Å². The van der Waals surface area contributed by atoms with E-state index >= 15 is 0 Å². The van der Waals surface area contributed by atoms with Crippen LogP contribution in [0.25, 0.3) is 0 Å². The van der Waals surface area contributed by atoms with Crippen LogP contribution in [0.15, 0.2) is 67.1 Å². The number of rotatable bonds is 11. The number of carbonyl (C=O) groups excluding carboxylic acids is 3. The molecule has 3 amide bonds. The number of ether oxygens (including phenoxy) is 1. The van der Waals surface area contributed by atoms with Crippen LogP contribution in [0.1, 0.15) is 24.1 Å². The van der Waals surface area contributed by atoms with Gasteiger partial charge in [-0.15, -0.1) is 0 Å². The van der Waals surface area contributed by atoms with Crippen molar-refractivity contribution in [2.45, 2.75) is 43.3 Å². The van der Waals surface area contributed by atoms with E-state index in [2.05, 4.69) is 15.2 Å². The summed E-state index contributed by atoms with van der Waals surface area (Å²) < 4.78 is 7.08. The SMILES string of the molecule is COc1ccc(C[C@@H](NC(=O)C(N)Cc2cncn2C)C(=O)N2CCC3(CC2)C(=O)N(CCO)CN3c2ccccc2)cc1. The molecule has 234 valence electrons. The van der Waals surface area contributed by atoms with Crippen LogP contribution in [0.4, 0.5) is 5.69 Å². The Bertz CT molecular complexity index is 1440. The lowest BCUT2D eigenvalue weighted by molar-refractivity contribution is -0.141. The van der Waals surface area contributed by atoms with Crippen molar-refractivity contribution in [2.24, 2.45) is 12.8 Å². The van der Waals surface area contributed by atoms with E-state index in [4.69, 9.17) is 10.5 Å². The maximum Gasteiger partial charge on any atom is 0.250 e. The smallest absolute Gasteiger partial charge is 0.250 e. The Kier molecular flexibility index (Phi) is 9.50. The van der Waals surface area contributed by atoms with E-state index in [1.165, 1.54) is 0 Å². The van der Waals surface area contributed by atoms with Crippen LogP contribution in [-0.4, -0.2) is 99.8 Å². The Morgan fingerprint density at radius 1 is 1.09 bits per heavy atom. The van der Waals surface area contributed by atoms with E-state index < -0.39 is 23.5 Å². The van der Waals surface area contributed by atoms with E-state index in [-0.39, 0.29) is 37.8 Å². The number of hydrogen-bond donors (Lipinski definition) is 3. The Balaban J connectivity index is 1.33. The predicted molar refractivity (Wildman–Crippen MR) is 165 cm³/mol. The number of aromatic nitrogens is 2. The van der Waals surface area contributed by atoms with Gasteiger partial charge in [-0.05, 0) is 42.7 Å². The fraction of sp³-hybridized carbons (Fsp3) is 0.438. The summed E-state index contributed by atoms with van der Waals surface area (Å²) >= 11 is 0. The third-order valence-electron chi connectivity index (χ3n) is 8.75. The minimum Gasteiger partial charge on any atom is -0.497 e. The van der Waals surface area contributed by atoms with Gasteiger partial charge in [0.2, 0.25) is 17.7 Å². The van der Waals surface area contributed by atoms with Gasteiger partial charge in [0.1, 0.15) is 17.3 Å². The maximum atomic E-state index is 14.0. The molecule has 2 atom stereocenters. The Hall–Kier alpha value is -4.42. The van der Waals surface area contributed by atoms with E-state index in [1.807, 2.05) is 61.6 Å². The van der Waals surface area contributed by atoms with Crippen LogP contribution < -0.4 is 20.7 Å². The number of aliphatic hydroxyl groups excluding tert-OH is 1. The number of likely N-dealkylation sites (tertiary alicyclic amines) is 1. The van der Waals surface area contributed by atoms with Crippen LogP contribution in [-0.2, 0) is 34.3 Å². The monoisotopic (exact) mass is 603 g/mol. The molecular weight excluding hydrogens is 562 g/mol. The highest BCUT2D eigenvalue weighted by Crippen LogP contribution is 2.39. The topological polar surface area (TPSA) is 146 Å². The Morgan fingerprint density at radius 2 is 1.80 bits per heavy atom. The van der Waals surface area contributed by atoms with Crippen molar-refractivity contribution in [1.29, 1.82) is 0 Å². The molecule has 0 radical (unpaired) electrons. The van der Waals surface area contributed by atoms with Gasteiger partial charge >= 0.3 is 0 Å². The Morgan fingerprint density at radius 3 is 2.41 bits per heavy atom.